The predicted molar refractivity (Wildman–Crippen MR) is 274 cm³/mol. The fourth-order valence-electron chi connectivity index (χ4n) is 8.75. The molecule has 15 nitrogen and oxygen atoms in total. The Morgan fingerprint density at radius 2 is 0.737 bits per heavy atom. The zero-order valence-electron chi connectivity index (χ0n) is 41.2. The summed E-state index contributed by atoms with van der Waals surface area (Å²) < 4.78 is 64.8. The number of ether oxygens (including phenoxy) is 10. The lowest BCUT2D eigenvalue weighted by Crippen LogP contribution is -2.67. The van der Waals surface area contributed by atoms with Crippen molar-refractivity contribution in [1.29, 1.82) is 0 Å². The van der Waals surface area contributed by atoms with Gasteiger partial charge in [-0.15, -0.1) is 0 Å². The Morgan fingerprint density at radius 3 is 1.20 bits per heavy atom. The fraction of sp³-hybridized carbons (Fsp3) is 0.246. The molecule has 9 rings (SSSR count). The molecule has 0 radical (unpaired) electrons. The first-order valence-corrected chi connectivity index (χ1v) is 24.8. The van der Waals surface area contributed by atoms with E-state index in [1.807, 2.05) is 91.0 Å². The number of hydrogen-bond acceptors (Lipinski definition) is 15. The monoisotopic (exact) mass is 1030 g/mol. The lowest BCUT2D eigenvalue weighted by molar-refractivity contribution is -0.363. The first kappa shape index (κ1) is 53.0. The minimum atomic E-state index is -1.77. The van der Waals surface area contributed by atoms with E-state index in [-0.39, 0.29) is 48.7 Å². The third-order valence-electron chi connectivity index (χ3n) is 12.6. The van der Waals surface area contributed by atoms with Crippen LogP contribution in [0.3, 0.4) is 0 Å². The highest BCUT2D eigenvalue weighted by molar-refractivity contribution is 5.91. The van der Waals surface area contributed by atoms with Crippen molar-refractivity contribution >= 4 is 23.9 Å². The molecule has 76 heavy (non-hydrogen) atoms. The number of hydrogen-bond donors (Lipinski definition) is 1. The summed E-state index contributed by atoms with van der Waals surface area (Å²) in [5.74, 6) is -3.38. The number of aliphatic hydroxyl groups is 1. The Labute approximate surface area is 439 Å². The number of carbonyl (C=O) groups is 4. The lowest BCUT2D eigenvalue weighted by atomic mass is 9.95. The highest BCUT2D eigenvalue weighted by Crippen LogP contribution is 2.36. The highest BCUT2D eigenvalue weighted by atomic mass is 16.8. The second-order valence-electron chi connectivity index (χ2n) is 17.9. The van der Waals surface area contributed by atoms with Crippen LogP contribution in [0.4, 0.5) is 0 Å². The molecule has 0 aromatic heterocycles. The van der Waals surface area contributed by atoms with Crippen LogP contribution in [0.15, 0.2) is 212 Å². The molecule has 0 unspecified atom stereocenters. The van der Waals surface area contributed by atoms with Gasteiger partial charge in [0, 0.05) is 0 Å². The van der Waals surface area contributed by atoms with Crippen LogP contribution < -0.4 is 0 Å². The molecule has 2 heterocycles. The Hall–Kier alpha value is -7.86. The molecule has 15 heteroatoms. The molecule has 1 N–H and O–H groups in total. The molecule has 2 aliphatic heterocycles. The van der Waals surface area contributed by atoms with Gasteiger partial charge >= 0.3 is 23.9 Å². The Morgan fingerprint density at radius 1 is 0.368 bits per heavy atom. The maximum absolute atomic E-state index is 14.5. The zero-order valence-corrected chi connectivity index (χ0v) is 41.2. The molecule has 2 fully saturated rings. The maximum Gasteiger partial charge on any atom is 0.338 e. The quantitative estimate of drug-likeness (QED) is 0.0533. The van der Waals surface area contributed by atoms with Gasteiger partial charge in [-0.2, -0.15) is 0 Å². The number of benzene rings is 7. The molecular formula is C61H56O15. The van der Waals surface area contributed by atoms with Crippen LogP contribution in [0, 0.1) is 0 Å². The van der Waals surface area contributed by atoms with Crippen molar-refractivity contribution in [2.75, 3.05) is 13.2 Å². The SMILES string of the molecule is O=C(OC[C@H]1O[C@@H](O[C@H]2[C@H](OCc3ccccc3)[C@@H](OCc3ccccc3)[C@@H](O)O[C@@H]2COCc2ccccc2)[C@H](OC(=O)c2ccccc2)[C@@H](OC(=O)c2ccccc2)[C@@H]1OC(=O)c1ccccc1)c1ccccc1. The standard InChI is InChI=1S/C61H56O15/c62-56(44-28-14-4-15-29-44)70-40-49-51(73-57(63)45-30-16-5-17-31-45)53(74-58(64)46-32-18-6-19-33-46)55(75-59(65)47-34-20-7-21-35-47)61(72-49)76-50-48(39-67-36-41-22-8-1-9-23-41)71-60(66)54(69-38-43-26-12-3-13-27-43)52(50)68-37-42-24-10-2-11-25-42/h1-35,48-55,60-61,66H,36-40H2/t48-,49-,50-,51-,52+,53+,54-,55-,60+,61+/m1/s1. The molecule has 10 atom stereocenters. The summed E-state index contributed by atoms with van der Waals surface area (Å²) in [5, 5.41) is 11.9. The van der Waals surface area contributed by atoms with Gasteiger partial charge in [-0.1, -0.05) is 164 Å². The number of esters is 4. The van der Waals surface area contributed by atoms with Gasteiger partial charge < -0.3 is 52.5 Å². The van der Waals surface area contributed by atoms with Crippen molar-refractivity contribution in [3.8, 4) is 0 Å². The van der Waals surface area contributed by atoms with E-state index in [1.165, 1.54) is 36.4 Å². The lowest BCUT2D eigenvalue weighted by Gasteiger charge is -2.49. The first-order chi connectivity index (χ1) is 37.3. The smallest absolute Gasteiger partial charge is 0.338 e. The molecular weight excluding hydrogens is 973 g/mol. The summed E-state index contributed by atoms with van der Waals surface area (Å²) in [6.07, 6.45) is -14.9. The molecule has 0 saturated carbocycles. The van der Waals surface area contributed by atoms with E-state index in [0.717, 1.165) is 16.7 Å². The summed E-state index contributed by atoms with van der Waals surface area (Å²) in [5.41, 5.74) is 2.98. The van der Waals surface area contributed by atoms with Crippen LogP contribution >= 0.6 is 0 Å². The molecule has 390 valence electrons. The fourth-order valence-corrected chi connectivity index (χ4v) is 8.75. The van der Waals surface area contributed by atoms with Crippen molar-refractivity contribution in [1.82, 2.24) is 0 Å². The largest absolute Gasteiger partial charge is 0.459 e. The van der Waals surface area contributed by atoms with Gasteiger partial charge in [0.15, 0.2) is 30.9 Å². The molecule has 2 saturated heterocycles. The Balaban J connectivity index is 1.15. The van der Waals surface area contributed by atoms with Crippen molar-refractivity contribution in [2.24, 2.45) is 0 Å². The van der Waals surface area contributed by atoms with Gasteiger partial charge in [-0.3, -0.25) is 0 Å². The van der Waals surface area contributed by atoms with Crippen molar-refractivity contribution < 1.29 is 71.7 Å². The van der Waals surface area contributed by atoms with E-state index in [2.05, 4.69) is 0 Å². The van der Waals surface area contributed by atoms with Crippen molar-refractivity contribution in [3.05, 3.63) is 251 Å². The summed E-state index contributed by atoms with van der Waals surface area (Å²) in [7, 11) is 0. The number of rotatable bonds is 21. The molecule has 2 aliphatic rings. The summed E-state index contributed by atoms with van der Waals surface area (Å²) >= 11 is 0. The topological polar surface area (TPSA) is 181 Å². The van der Waals surface area contributed by atoms with E-state index in [0.29, 0.717) is 0 Å². The second kappa shape index (κ2) is 26.6. The number of carbonyl (C=O) groups excluding carboxylic acids is 4. The third-order valence-corrected chi connectivity index (χ3v) is 12.6. The molecule has 0 spiro atoms. The second-order valence-corrected chi connectivity index (χ2v) is 17.9. The highest BCUT2D eigenvalue weighted by Gasteiger charge is 2.57. The predicted octanol–water partition coefficient (Wildman–Crippen LogP) is 8.74. The average molecular weight is 1030 g/mol. The van der Waals surface area contributed by atoms with Gasteiger partial charge in [0.1, 0.15) is 37.1 Å². The number of aliphatic hydroxyl groups excluding tert-OH is 1. The molecule has 0 aliphatic carbocycles. The van der Waals surface area contributed by atoms with Gasteiger partial charge in [0.05, 0.1) is 48.7 Å². The van der Waals surface area contributed by atoms with Crippen LogP contribution in [0.25, 0.3) is 0 Å². The van der Waals surface area contributed by atoms with Crippen molar-refractivity contribution in [3.63, 3.8) is 0 Å². The summed E-state index contributed by atoms with van der Waals surface area (Å²) in [6, 6.07) is 60.5. The Bertz CT molecular complexity index is 2900. The van der Waals surface area contributed by atoms with E-state index in [9.17, 15) is 24.3 Å². The normalized spacial score (nSPS) is 23.1. The van der Waals surface area contributed by atoms with E-state index in [4.69, 9.17) is 47.4 Å². The van der Waals surface area contributed by atoms with Crippen LogP contribution in [-0.4, -0.2) is 104 Å². The molecule has 7 aromatic carbocycles. The van der Waals surface area contributed by atoms with Gasteiger partial charge in [0.2, 0.25) is 0 Å². The van der Waals surface area contributed by atoms with E-state index in [1.54, 1.807) is 84.9 Å². The van der Waals surface area contributed by atoms with E-state index < -0.39 is 91.9 Å². The molecule has 0 amide bonds. The minimum Gasteiger partial charge on any atom is -0.459 e. The maximum atomic E-state index is 14.5. The Kier molecular flexibility index (Phi) is 18.5. The van der Waals surface area contributed by atoms with Crippen LogP contribution in [0.1, 0.15) is 58.1 Å². The van der Waals surface area contributed by atoms with Gasteiger partial charge in [0.25, 0.3) is 0 Å². The molecule has 7 aromatic rings. The van der Waals surface area contributed by atoms with E-state index >= 15 is 0 Å². The van der Waals surface area contributed by atoms with Gasteiger partial charge in [-0.05, 0) is 65.2 Å². The van der Waals surface area contributed by atoms with Crippen LogP contribution in [0.2, 0.25) is 0 Å². The average Bonchev–Trinajstić information content (AvgIpc) is 3.50. The summed E-state index contributed by atoms with van der Waals surface area (Å²) in [4.78, 5) is 56.8. The molecule has 0 bridgehead atoms. The minimum absolute atomic E-state index is 0.00566. The van der Waals surface area contributed by atoms with Crippen molar-refractivity contribution in [2.45, 2.75) is 81.2 Å². The summed E-state index contributed by atoms with van der Waals surface area (Å²) in [6.45, 7) is -0.608. The van der Waals surface area contributed by atoms with Crippen LogP contribution in [-0.2, 0) is 67.2 Å². The first-order valence-electron chi connectivity index (χ1n) is 24.8. The zero-order chi connectivity index (χ0) is 52.5. The van der Waals surface area contributed by atoms with Crippen LogP contribution in [0.5, 0.6) is 0 Å². The third kappa shape index (κ3) is 14.1. The van der Waals surface area contributed by atoms with Gasteiger partial charge in [-0.25, -0.2) is 19.2 Å².